The Morgan fingerprint density at radius 2 is 0.537 bits per heavy atom. The summed E-state index contributed by atoms with van der Waals surface area (Å²) in [7, 11) is -9.89. The van der Waals surface area contributed by atoms with Crippen molar-refractivity contribution < 1.29 is 116 Å². The molecule has 41 heavy (non-hydrogen) atoms. The summed E-state index contributed by atoms with van der Waals surface area (Å²) in [6.07, 6.45) is 0. The van der Waals surface area contributed by atoms with Crippen LogP contribution in [0.1, 0.15) is 0 Å². The van der Waals surface area contributed by atoms with Gasteiger partial charge in [0.1, 0.15) is 0 Å². The fourth-order valence-electron chi connectivity index (χ4n) is 3.09. The Hall–Kier alpha value is -1.16. The summed E-state index contributed by atoms with van der Waals surface area (Å²) in [5.74, 6) is -1.82. The molecule has 1 aliphatic rings. The van der Waals surface area contributed by atoms with E-state index >= 15 is 0 Å². The van der Waals surface area contributed by atoms with Gasteiger partial charge in [0.2, 0.25) is 23.6 Å². The molecule has 1 rings (SSSR count). The molecule has 12 N–H and O–H groups in total. The van der Waals surface area contributed by atoms with Gasteiger partial charge in [-0.25, -0.2) is 37.3 Å². The van der Waals surface area contributed by atoms with E-state index in [4.69, 9.17) is 60.2 Å². The number of nitrogens with zero attached hydrogens (tertiary/aromatic N) is 4. The van der Waals surface area contributed by atoms with Crippen LogP contribution in [0.15, 0.2) is 0 Å². The number of carbonyl (C=O) groups is 4. The minimum absolute atomic E-state index is 0. The zero-order valence-corrected chi connectivity index (χ0v) is 29.0. The smallest absolute Gasteiger partial charge is 0.412 e. The quantitative estimate of drug-likeness (QED) is 0.165. The first-order chi connectivity index (χ1) is 17.2. The molecule has 240 valence electrons. The van der Waals surface area contributed by atoms with Gasteiger partial charge >= 0.3 is 27.7 Å². The second-order valence-corrected chi connectivity index (χ2v) is 9.24. The van der Waals surface area contributed by atoms with Gasteiger partial charge in [-0.1, -0.05) is 0 Å². The molecule has 0 aromatic rings. The van der Waals surface area contributed by atoms with E-state index in [-0.39, 0.29) is 64.8 Å². The molecule has 1 heterocycles. The monoisotopic (exact) mass is 836 g/mol. The number of hydrogen-bond acceptors (Lipinski definition) is 16. The van der Waals surface area contributed by atoms with E-state index in [1.807, 2.05) is 19.6 Å². The van der Waals surface area contributed by atoms with Crippen molar-refractivity contribution >= 4 is 23.6 Å². The van der Waals surface area contributed by atoms with Gasteiger partial charge in [0.15, 0.2) is 0 Å². The second kappa shape index (κ2) is 25.3. The number of halogens is 2. The van der Waals surface area contributed by atoms with Crippen LogP contribution in [-0.4, -0.2) is 133 Å². The summed E-state index contributed by atoms with van der Waals surface area (Å²) in [4.78, 5) is 52.9. The van der Waals surface area contributed by atoms with Crippen LogP contribution in [0, 0.1) is 20.5 Å². The molecular formula is C16H36Cl2HgN8O14. The van der Waals surface area contributed by atoms with Crippen LogP contribution in [0.25, 0.3) is 0 Å². The Morgan fingerprint density at radius 3 is 0.610 bits per heavy atom. The van der Waals surface area contributed by atoms with Crippen LogP contribution in [0.5, 0.6) is 0 Å². The topological polar surface area (TPSA) is 433 Å². The summed E-state index contributed by atoms with van der Waals surface area (Å²) >= 11 is 0. The van der Waals surface area contributed by atoms with Crippen LogP contribution in [0.4, 0.5) is 0 Å². The van der Waals surface area contributed by atoms with Crippen molar-refractivity contribution in [2.45, 2.75) is 0 Å². The summed E-state index contributed by atoms with van der Waals surface area (Å²) < 4.78 is 67.9. The predicted octanol–water partition coefficient (Wildman–Crippen LogP) is -16.0. The van der Waals surface area contributed by atoms with Gasteiger partial charge in [0.05, 0.1) is 26.2 Å². The molecule has 0 aromatic heterocycles. The molecule has 0 saturated carbocycles. The van der Waals surface area contributed by atoms with Crippen LogP contribution < -0.4 is 60.2 Å². The first-order valence-electron chi connectivity index (χ1n) is 10.4. The Balaban J connectivity index is -0.000000285. The van der Waals surface area contributed by atoms with E-state index in [1.165, 1.54) is 0 Å². The fourth-order valence-corrected chi connectivity index (χ4v) is 3.09. The largest absolute Gasteiger partial charge is 2.00 e. The van der Waals surface area contributed by atoms with Crippen LogP contribution in [-0.2, 0) is 46.8 Å². The number of primary amides is 4. The van der Waals surface area contributed by atoms with Gasteiger partial charge in [-0.15, -0.1) is 20.5 Å². The Bertz CT molecular complexity index is 614. The van der Waals surface area contributed by atoms with Gasteiger partial charge in [0, 0.05) is 52.4 Å². The van der Waals surface area contributed by atoms with Crippen molar-refractivity contribution in [3.05, 3.63) is 0 Å². The number of carbonyl (C=O) groups excluding carboxylic acids is 4. The minimum atomic E-state index is -4.94. The number of amides is 4. The van der Waals surface area contributed by atoms with Crippen molar-refractivity contribution in [1.82, 2.24) is 19.6 Å². The molecule has 1 saturated heterocycles. The van der Waals surface area contributed by atoms with Crippen LogP contribution >= 0.6 is 0 Å². The van der Waals surface area contributed by atoms with E-state index in [9.17, 15) is 19.2 Å². The first kappa shape index (κ1) is 49.5. The average Bonchev–Trinajstić information content (AvgIpc) is 2.66. The van der Waals surface area contributed by atoms with E-state index in [0.29, 0.717) is 52.4 Å². The molecule has 0 aromatic carbocycles. The van der Waals surface area contributed by atoms with Gasteiger partial charge in [-0.05, 0) is 0 Å². The summed E-state index contributed by atoms with van der Waals surface area (Å²) in [5, 5.41) is 0. The van der Waals surface area contributed by atoms with Crippen LogP contribution in [0.2, 0.25) is 0 Å². The second-order valence-electron chi connectivity index (χ2n) is 7.73. The third-order valence-corrected chi connectivity index (χ3v) is 4.45. The van der Waals surface area contributed by atoms with Crippen molar-refractivity contribution in [2.24, 2.45) is 22.9 Å². The molecule has 0 aliphatic carbocycles. The summed E-state index contributed by atoms with van der Waals surface area (Å²) in [5.41, 5.74) is 21.3. The van der Waals surface area contributed by atoms with Gasteiger partial charge in [-0.2, -0.15) is 0 Å². The number of hydrogen-bond donors (Lipinski definition) is 4. The fraction of sp³-hybridized carbons (Fsp3) is 0.750. The first-order valence-corrected chi connectivity index (χ1v) is 12.9. The number of nitrogens with two attached hydrogens (primary N) is 4. The normalized spacial score (nSPS) is 16.2. The molecule has 0 radical (unpaired) electrons. The molecule has 22 nitrogen and oxygen atoms in total. The van der Waals surface area contributed by atoms with E-state index in [1.54, 1.807) is 0 Å². The summed E-state index contributed by atoms with van der Waals surface area (Å²) in [6, 6.07) is 0. The maximum Gasteiger partial charge on any atom is 2.00 e. The Labute approximate surface area is 259 Å². The zero-order chi connectivity index (χ0) is 30.1. The Kier molecular flexibility index (Phi) is 30.6. The number of rotatable bonds is 8. The van der Waals surface area contributed by atoms with E-state index < -0.39 is 44.1 Å². The molecule has 0 spiro atoms. The molecule has 1 fully saturated rings. The van der Waals surface area contributed by atoms with Gasteiger partial charge in [-0.3, -0.25) is 38.8 Å². The third kappa shape index (κ3) is 43.4. The van der Waals surface area contributed by atoms with Crippen molar-refractivity contribution in [2.75, 3.05) is 78.5 Å². The average molecular weight is 836 g/mol. The standard InChI is InChI=1S/C16H32N8O4.2ClHO4.Hg.2H2O/c17-13(25)9-21-1-2-22(10-14(18)26)5-6-24(12-16(20)28)8-7-23(4-3-21)11-15(19)27;2*2-1(3,4)5;;;/h1-12H2,(H2,17,25)(H2,18,26)(H2,19,27)(H2,20,28);2*(H,2,3,4,5);;2*1H2/q;;;+2;;/p-2. The molecule has 0 unspecified atom stereocenters. The van der Waals surface area contributed by atoms with E-state index in [0.717, 1.165) is 0 Å². The summed E-state index contributed by atoms with van der Waals surface area (Å²) in [6.45, 7) is 4.26. The van der Waals surface area contributed by atoms with Crippen molar-refractivity contribution in [1.29, 1.82) is 0 Å². The molecule has 1 aliphatic heterocycles. The minimum Gasteiger partial charge on any atom is -0.412 e. The van der Waals surface area contributed by atoms with Gasteiger partial charge in [0.25, 0.3) is 0 Å². The third-order valence-electron chi connectivity index (χ3n) is 4.45. The van der Waals surface area contributed by atoms with E-state index in [2.05, 4.69) is 0 Å². The van der Waals surface area contributed by atoms with Gasteiger partial charge < -0.3 is 33.9 Å². The molecule has 0 atom stereocenters. The maximum atomic E-state index is 11.4. The molecule has 25 heteroatoms. The molecule has 0 bridgehead atoms. The predicted molar refractivity (Wildman–Crippen MR) is 110 cm³/mol. The van der Waals surface area contributed by atoms with Crippen molar-refractivity contribution in [3.63, 3.8) is 0 Å². The zero-order valence-electron chi connectivity index (χ0n) is 21.9. The SMILES string of the molecule is NC(=O)CN1CCN(CC(N)=O)CCN(CC(N)=O)CCN(CC(N)=O)CC1.O.O.[Hg+2].[O-][Cl+3]([O-])([O-])[O-].[O-][Cl+3]([O-])([O-])[O-]. The Morgan fingerprint density at radius 1 is 0.439 bits per heavy atom. The molecule has 4 amide bonds. The maximum absolute atomic E-state index is 11.4. The van der Waals surface area contributed by atoms with Crippen LogP contribution in [0.3, 0.4) is 0 Å². The molecular weight excluding hydrogens is 800 g/mol. The van der Waals surface area contributed by atoms with Crippen molar-refractivity contribution in [3.8, 4) is 0 Å².